The summed E-state index contributed by atoms with van der Waals surface area (Å²) in [6.07, 6.45) is 7.39. The van der Waals surface area contributed by atoms with Gasteiger partial charge in [0.15, 0.2) is 0 Å². The first-order valence-corrected chi connectivity index (χ1v) is 4.48. The van der Waals surface area contributed by atoms with Crippen molar-refractivity contribution < 1.29 is 0 Å². The molecule has 3 N–H and O–H groups in total. The molecule has 68 valence electrons. The zero-order chi connectivity index (χ0) is 9.03. The average Bonchev–Trinajstić information content (AvgIpc) is 2.36. The molecular weight excluding hydrogens is 148 g/mol. The Morgan fingerprint density at radius 3 is 2.75 bits per heavy atom. The van der Waals surface area contributed by atoms with E-state index >= 15 is 0 Å². The lowest BCUT2D eigenvalue weighted by molar-refractivity contribution is 0.459. The molecule has 0 bridgehead atoms. The molecule has 0 atom stereocenters. The molecule has 1 heterocycles. The number of aromatic amines is 1. The van der Waals surface area contributed by atoms with Crippen LogP contribution in [0.15, 0.2) is 18.5 Å². The highest BCUT2D eigenvalue weighted by molar-refractivity contribution is 5.08. The molecule has 2 heteroatoms. The Morgan fingerprint density at radius 2 is 2.25 bits per heavy atom. The van der Waals surface area contributed by atoms with Crippen LogP contribution in [0.25, 0.3) is 0 Å². The van der Waals surface area contributed by atoms with Crippen LogP contribution >= 0.6 is 0 Å². The number of aryl methyl sites for hydroxylation is 1. The molecule has 0 spiro atoms. The second-order valence-corrected chi connectivity index (χ2v) is 4.06. The molecule has 1 aromatic heterocycles. The summed E-state index contributed by atoms with van der Waals surface area (Å²) in [6, 6.07) is 2.11. The quantitative estimate of drug-likeness (QED) is 0.706. The van der Waals surface area contributed by atoms with E-state index in [1.165, 1.54) is 12.0 Å². The number of H-pyrrole nitrogens is 1. The molecule has 0 radical (unpaired) electrons. The molecule has 0 saturated carbocycles. The van der Waals surface area contributed by atoms with Gasteiger partial charge in [-0.25, -0.2) is 0 Å². The standard InChI is InChI=1S/C10H18N2/c1-10(2,11)6-3-4-9-5-7-12-8-9/h5,7-8,12H,3-4,6,11H2,1-2H3. The first-order valence-electron chi connectivity index (χ1n) is 4.48. The van der Waals surface area contributed by atoms with Crippen molar-refractivity contribution in [3.63, 3.8) is 0 Å². The first-order chi connectivity index (χ1) is 5.58. The Morgan fingerprint density at radius 1 is 1.50 bits per heavy atom. The summed E-state index contributed by atoms with van der Waals surface area (Å²) < 4.78 is 0. The van der Waals surface area contributed by atoms with E-state index in [4.69, 9.17) is 5.73 Å². The highest BCUT2D eigenvalue weighted by Gasteiger charge is 2.09. The third kappa shape index (κ3) is 3.58. The van der Waals surface area contributed by atoms with Gasteiger partial charge in [0, 0.05) is 17.9 Å². The zero-order valence-corrected chi connectivity index (χ0v) is 7.93. The van der Waals surface area contributed by atoms with Gasteiger partial charge in [0.2, 0.25) is 0 Å². The summed E-state index contributed by atoms with van der Waals surface area (Å²) in [5, 5.41) is 0. The smallest absolute Gasteiger partial charge is 0.00971 e. The highest BCUT2D eigenvalue weighted by Crippen LogP contribution is 2.10. The third-order valence-corrected chi connectivity index (χ3v) is 1.95. The number of hydrogen-bond donors (Lipinski definition) is 2. The normalized spacial score (nSPS) is 11.9. The fourth-order valence-electron chi connectivity index (χ4n) is 1.26. The molecule has 0 fully saturated rings. The molecule has 0 aliphatic heterocycles. The number of hydrogen-bond acceptors (Lipinski definition) is 1. The lowest BCUT2D eigenvalue weighted by Gasteiger charge is -2.17. The molecule has 0 aliphatic carbocycles. The predicted octanol–water partition coefficient (Wildman–Crippen LogP) is 2.07. The van der Waals surface area contributed by atoms with Crippen LogP contribution in [0.3, 0.4) is 0 Å². The van der Waals surface area contributed by atoms with E-state index in [0.29, 0.717) is 0 Å². The fraction of sp³-hybridized carbons (Fsp3) is 0.600. The Kier molecular flexibility index (Phi) is 2.93. The summed E-state index contributed by atoms with van der Waals surface area (Å²) in [5.74, 6) is 0. The maximum atomic E-state index is 5.87. The third-order valence-electron chi connectivity index (χ3n) is 1.95. The fourth-order valence-corrected chi connectivity index (χ4v) is 1.26. The summed E-state index contributed by atoms with van der Waals surface area (Å²) in [4.78, 5) is 3.05. The van der Waals surface area contributed by atoms with Crippen molar-refractivity contribution in [3.8, 4) is 0 Å². The van der Waals surface area contributed by atoms with Crippen LogP contribution in [-0.4, -0.2) is 10.5 Å². The Hall–Kier alpha value is -0.760. The van der Waals surface area contributed by atoms with Gasteiger partial charge in [-0.15, -0.1) is 0 Å². The van der Waals surface area contributed by atoms with Crippen molar-refractivity contribution >= 4 is 0 Å². The molecule has 0 aliphatic rings. The van der Waals surface area contributed by atoms with E-state index in [2.05, 4.69) is 24.9 Å². The van der Waals surface area contributed by atoms with E-state index in [0.717, 1.165) is 12.8 Å². The van der Waals surface area contributed by atoms with Crippen molar-refractivity contribution in [3.05, 3.63) is 24.0 Å². The van der Waals surface area contributed by atoms with Crippen LogP contribution < -0.4 is 5.73 Å². The van der Waals surface area contributed by atoms with Gasteiger partial charge >= 0.3 is 0 Å². The SMILES string of the molecule is CC(C)(N)CCCc1cc[nH]c1. The Balaban J connectivity index is 2.20. The van der Waals surface area contributed by atoms with E-state index in [1.54, 1.807) is 0 Å². The molecule has 2 nitrogen and oxygen atoms in total. The predicted molar refractivity (Wildman–Crippen MR) is 52.0 cm³/mol. The molecule has 0 unspecified atom stereocenters. The summed E-state index contributed by atoms with van der Waals surface area (Å²) in [7, 11) is 0. The monoisotopic (exact) mass is 166 g/mol. The van der Waals surface area contributed by atoms with Gasteiger partial charge in [-0.05, 0) is 44.7 Å². The lowest BCUT2D eigenvalue weighted by atomic mass is 9.98. The molecular formula is C10H18N2. The maximum absolute atomic E-state index is 5.87. The minimum absolute atomic E-state index is 0.0176. The second-order valence-electron chi connectivity index (χ2n) is 4.06. The van der Waals surface area contributed by atoms with Gasteiger partial charge in [-0.1, -0.05) is 0 Å². The van der Waals surface area contributed by atoms with Crippen LogP contribution in [0.2, 0.25) is 0 Å². The van der Waals surface area contributed by atoms with Crippen molar-refractivity contribution in [2.24, 2.45) is 5.73 Å². The molecule has 1 aromatic rings. The van der Waals surface area contributed by atoms with E-state index in [1.807, 2.05) is 12.4 Å². The molecule has 0 amide bonds. The minimum Gasteiger partial charge on any atom is -0.367 e. The number of nitrogens with one attached hydrogen (secondary N) is 1. The maximum Gasteiger partial charge on any atom is 0.00971 e. The Bertz CT molecular complexity index is 206. The van der Waals surface area contributed by atoms with Crippen LogP contribution in [0.4, 0.5) is 0 Å². The van der Waals surface area contributed by atoms with E-state index in [9.17, 15) is 0 Å². The van der Waals surface area contributed by atoms with Gasteiger partial charge in [0.05, 0.1) is 0 Å². The zero-order valence-electron chi connectivity index (χ0n) is 7.93. The topological polar surface area (TPSA) is 41.8 Å². The summed E-state index contributed by atoms with van der Waals surface area (Å²) >= 11 is 0. The minimum atomic E-state index is -0.0176. The number of nitrogens with two attached hydrogens (primary N) is 1. The number of rotatable bonds is 4. The summed E-state index contributed by atoms with van der Waals surface area (Å²) in [6.45, 7) is 4.15. The first kappa shape index (κ1) is 9.33. The molecule has 12 heavy (non-hydrogen) atoms. The Labute approximate surface area is 74.2 Å². The van der Waals surface area contributed by atoms with Crippen molar-refractivity contribution in [1.82, 2.24) is 4.98 Å². The number of aromatic nitrogens is 1. The molecule has 0 aromatic carbocycles. The van der Waals surface area contributed by atoms with Crippen molar-refractivity contribution in [1.29, 1.82) is 0 Å². The van der Waals surface area contributed by atoms with Crippen molar-refractivity contribution in [2.75, 3.05) is 0 Å². The van der Waals surface area contributed by atoms with Crippen molar-refractivity contribution in [2.45, 2.75) is 38.6 Å². The lowest BCUT2D eigenvalue weighted by Crippen LogP contribution is -2.31. The van der Waals surface area contributed by atoms with Gasteiger partial charge in [0.25, 0.3) is 0 Å². The highest BCUT2D eigenvalue weighted by atomic mass is 14.7. The van der Waals surface area contributed by atoms with Gasteiger partial charge in [-0.3, -0.25) is 0 Å². The van der Waals surface area contributed by atoms with E-state index < -0.39 is 0 Å². The van der Waals surface area contributed by atoms with Gasteiger partial charge in [-0.2, -0.15) is 0 Å². The average molecular weight is 166 g/mol. The van der Waals surface area contributed by atoms with Gasteiger partial charge in [0.1, 0.15) is 0 Å². The van der Waals surface area contributed by atoms with Crippen LogP contribution in [0, 0.1) is 0 Å². The van der Waals surface area contributed by atoms with Gasteiger partial charge < -0.3 is 10.7 Å². The largest absolute Gasteiger partial charge is 0.367 e. The second kappa shape index (κ2) is 3.76. The van der Waals surface area contributed by atoms with Crippen LogP contribution in [0.5, 0.6) is 0 Å². The van der Waals surface area contributed by atoms with E-state index in [-0.39, 0.29) is 5.54 Å². The molecule has 1 rings (SSSR count). The van der Waals surface area contributed by atoms with Crippen LogP contribution in [-0.2, 0) is 6.42 Å². The van der Waals surface area contributed by atoms with Crippen LogP contribution in [0.1, 0.15) is 32.3 Å². The molecule has 0 saturated heterocycles. The summed E-state index contributed by atoms with van der Waals surface area (Å²) in [5.41, 5.74) is 7.22.